The quantitative estimate of drug-likeness (QED) is 0.502. The number of ether oxygens (including phenoxy) is 2. The number of rotatable bonds is 7. The number of piperidine rings is 1. The highest BCUT2D eigenvalue weighted by Gasteiger charge is 2.35. The molecule has 37 heavy (non-hydrogen) atoms. The van der Waals surface area contributed by atoms with Gasteiger partial charge in [-0.25, -0.2) is 17.9 Å². The molecule has 1 heterocycles. The molecule has 10 heteroatoms. The van der Waals surface area contributed by atoms with Crippen molar-refractivity contribution in [3.63, 3.8) is 0 Å². The minimum atomic E-state index is -3.75. The Hall–Kier alpha value is -2.80. The monoisotopic (exact) mass is 547 g/mol. The Bertz CT molecular complexity index is 1250. The first kappa shape index (κ1) is 28.8. The molecule has 1 fully saturated rings. The fourth-order valence-electron chi connectivity index (χ4n) is 4.31. The Labute approximate surface area is 224 Å². The number of carbonyl (C=O) groups is 1. The van der Waals surface area contributed by atoms with Crippen molar-refractivity contribution >= 4 is 27.7 Å². The predicted octanol–water partition coefficient (Wildman–Crippen LogP) is 5.32. The van der Waals surface area contributed by atoms with Crippen LogP contribution in [0, 0.1) is 17.2 Å². The Morgan fingerprint density at radius 1 is 1.22 bits per heavy atom. The summed E-state index contributed by atoms with van der Waals surface area (Å²) in [6.07, 6.45) is 0.329. The van der Waals surface area contributed by atoms with Crippen LogP contribution in [0.3, 0.4) is 0 Å². The van der Waals surface area contributed by atoms with E-state index in [1.807, 2.05) is 51.1 Å². The van der Waals surface area contributed by atoms with Crippen molar-refractivity contribution in [3.8, 4) is 11.8 Å². The molecule has 0 unspecified atom stereocenters. The van der Waals surface area contributed by atoms with Crippen LogP contribution in [0.1, 0.15) is 58.1 Å². The number of benzene rings is 2. The lowest BCUT2D eigenvalue weighted by molar-refractivity contribution is 0.0111. The molecule has 0 aromatic heterocycles. The number of sulfonamides is 1. The predicted molar refractivity (Wildman–Crippen MR) is 142 cm³/mol. The van der Waals surface area contributed by atoms with E-state index in [0.717, 1.165) is 5.56 Å². The van der Waals surface area contributed by atoms with Crippen LogP contribution in [0.5, 0.6) is 5.75 Å². The zero-order valence-corrected chi connectivity index (χ0v) is 23.4. The van der Waals surface area contributed by atoms with E-state index in [2.05, 4.69) is 4.72 Å². The number of hydrogen-bond donors (Lipinski definition) is 1. The lowest BCUT2D eigenvalue weighted by Crippen LogP contribution is -2.46. The Morgan fingerprint density at radius 3 is 2.49 bits per heavy atom. The topological polar surface area (TPSA) is 109 Å². The molecule has 2 aromatic rings. The first-order valence-corrected chi connectivity index (χ1v) is 14.1. The van der Waals surface area contributed by atoms with Gasteiger partial charge in [-0.15, -0.1) is 0 Å². The standard InChI is InChI=1S/C27H34ClN3O5S/c1-18(2)30-37(33,34)23-10-11-25(20(14-23)15-29)35-17-21-16-31(26(32)36-27(3,4)5)13-12-24(21)19-6-8-22(28)9-7-19/h6-11,14,18,21,24,30H,12-13,16-17H2,1-5H3/t21-,24-/m1/s1. The van der Waals surface area contributed by atoms with E-state index in [4.69, 9.17) is 21.1 Å². The van der Waals surface area contributed by atoms with Gasteiger partial charge in [-0.2, -0.15) is 5.26 Å². The molecule has 1 amide bonds. The molecule has 1 saturated heterocycles. The highest BCUT2D eigenvalue weighted by Crippen LogP contribution is 2.35. The second kappa shape index (κ2) is 11.7. The first-order valence-electron chi connectivity index (χ1n) is 12.2. The number of halogens is 1. The fraction of sp³-hybridized carbons (Fsp3) is 0.481. The number of hydrogen-bond acceptors (Lipinski definition) is 6. The molecule has 2 aromatic carbocycles. The van der Waals surface area contributed by atoms with E-state index >= 15 is 0 Å². The van der Waals surface area contributed by atoms with Gasteiger partial charge >= 0.3 is 6.09 Å². The zero-order valence-electron chi connectivity index (χ0n) is 21.8. The Morgan fingerprint density at radius 2 is 1.89 bits per heavy atom. The van der Waals surface area contributed by atoms with Gasteiger partial charge in [0.05, 0.1) is 17.1 Å². The summed E-state index contributed by atoms with van der Waals surface area (Å²) in [7, 11) is -3.75. The number of carbonyl (C=O) groups excluding carboxylic acids is 1. The van der Waals surface area contributed by atoms with E-state index < -0.39 is 15.6 Å². The van der Waals surface area contributed by atoms with Gasteiger partial charge in [-0.1, -0.05) is 23.7 Å². The van der Waals surface area contributed by atoms with E-state index in [1.54, 1.807) is 18.7 Å². The summed E-state index contributed by atoms with van der Waals surface area (Å²) in [5.41, 5.74) is 0.600. The summed E-state index contributed by atoms with van der Waals surface area (Å²) in [6.45, 7) is 10.1. The van der Waals surface area contributed by atoms with E-state index in [9.17, 15) is 18.5 Å². The molecule has 200 valence electrons. The Balaban J connectivity index is 1.83. The largest absolute Gasteiger partial charge is 0.492 e. The Kier molecular flexibility index (Phi) is 9.11. The lowest BCUT2D eigenvalue weighted by atomic mass is 9.81. The molecule has 0 aliphatic carbocycles. The van der Waals surface area contributed by atoms with Crippen LogP contribution in [0.2, 0.25) is 5.02 Å². The van der Waals surface area contributed by atoms with Gasteiger partial charge < -0.3 is 14.4 Å². The third-order valence-electron chi connectivity index (χ3n) is 5.91. The highest BCUT2D eigenvalue weighted by molar-refractivity contribution is 7.89. The van der Waals surface area contributed by atoms with Crippen molar-refractivity contribution in [1.82, 2.24) is 9.62 Å². The smallest absolute Gasteiger partial charge is 0.410 e. The van der Waals surface area contributed by atoms with Crippen LogP contribution < -0.4 is 9.46 Å². The maximum absolute atomic E-state index is 12.8. The van der Waals surface area contributed by atoms with E-state index in [-0.39, 0.29) is 46.8 Å². The van der Waals surface area contributed by atoms with Gasteiger partial charge in [0.25, 0.3) is 0 Å². The first-order chi connectivity index (χ1) is 17.3. The third-order valence-corrected chi connectivity index (χ3v) is 7.82. The summed E-state index contributed by atoms with van der Waals surface area (Å²) < 4.78 is 39.2. The third kappa shape index (κ3) is 7.84. The van der Waals surface area contributed by atoms with Crippen molar-refractivity contribution in [1.29, 1.82) is 5.26 Å². The van der Waals surface area contributed by atoms with E-state index in [1.165, 1.54) is 18.2 Å². The molecule has 8 nitrogen and oxygen atoms in total. The molecule has 1 aliphatic heterocycles. The molecule has 1 aliphatic rings. The molecule has 3 rings (SSSR count). The van der Waals surface area contributed by atoms with Crippen LogP contribution >= 0.6 is 11.6 Å². The lowest BCUT2D eigenvalue weighted by Gasteiger charge is -2.39. The van der Waals surface area contributed by atoms with Crippen molar-refractivity contribution in [3.05, 3.63) is 58.6 Å². The maximum atomic E-state index is 12.8. The van der Waals surface area contributed by atoms with Gasteiger partial charge in [0.1, 0.15) is 17.4 Å². The van der Waals surface area contributed by atoms with Crippen LogP contribution in [-0.2, 0) is 14.8 Å². The highest BCUT2D eigenvalue weighted by atomic mass is 35.5. The van der Waals surface area contributed by atoms with Gasteiger partial charge in [0.15, 0.2) is 0 Å². The second-order valence-electron chi connectivity index (χ2n) is 10.5. The summed E-state index contributed by atoms with van der Waals surface area (Å²) >= 11 is 6.09. The molecule has 0 radical (unpaired) electrons. The number of nitriles is 1. The minimum absolute atomic E-state index is 0.00194. The van der Waals surface area contributed by atoms with Gasteiger partial charge in [0, 0.05) is 30.1 Å². The van der Waals surface area contributed by atoms with Gasteiger partial charge in [-0.05, 0) is 82.9 Å². The van der Waals surface area contributed by atoms with Crippen LogP contribution in [0.25, 0.3) is 0 Å². The van der Waals surface area contributed by atoms with Crippen molar-refractivity contribution in [2.45, 2.75) is 63.5 Å². The number of nitrogens with one attached hydrogen (secondary N) is 1. The van der Waals surface area contributed by atoms with E-state index in [0.29, 0.717) is 24.5 Å². The average Bonchev–Trinajstić information content (AvgIpc) is 2.81. The average molecular weight is 548 g/mol. The van der Waals surface area contributed by atoms with Crippen molar-refractivity contribution in [2.24, 2.45) is 5.92 Å². The molecular formula is C27H34ClN3O5S. The summed E-state index contributed by atoms with van der Waals surface area (Å²) in [4.78, 5) is 14.5. The maximum Gasteiger partial charge on any atom is 0.410 e. The summed E-state index contributed by atoms with van der Waals surface area (Å²) in [5.74, 6) is 0.284. The second-order valence-corrected chi connectivity index (χ2v) is 12.6. The fourth-order valence-corrected chi connectivity index (χ4v) is 5.71. The number of amides is 1. The molecule has 0 saturated carbocycles. The van der Waals surface area contributed by atoms with Gasteiger partial charge in [0.2, 0.25) is 10.0 Å². The molecule has 0 spiro atoms. The molecule has 0 bridgehead atoms. The van der Waals surface area contributed by atoms with Crippen LogP contribution in [0.15, 0.2) is 47.4 Å². The summed E-state index contributed by atoms with van der Waals surface area (Å²) in [5, 5.41) is 10.3. The van der Waals surface area contributed by atoms with Gasteiger partial charge in [-0.3, -0.25) is 0 Å². The number of likely N-dealkylation sites (tertiary alicyclic amines) is 1. The van der Waals surface area contributed by atoms with Crippen LogP contribution in [-0.4, -0.2) is 50.8 Å². The normalized spacial score (nSPS) is 18.4. The minimum Gasteiger partial charge on any atom is -0.492 e. The summed E-state index contributed by atoms with van der Waals surface area (Å²) in [6, 6.07) is 13.6. The zero-order chi connectivity index (χ0) is 27.4. The SMILES string of the molecule is CC(C)NS(=O)(=O)c1ccc(OC[C@H]2CN(C(=O)OC(C)(C)C)CC[C@@H]2c2ccc(Cl)cc2)c(C#N)c1. The number of nitrogens with zero attached hydrogens (tertiary/aromatic N) is 2. The molecule has 1 N–H and O–H groups in total. The molecule has 2 atom stereocenters. The van der Waals surface area contributed by atoms with Crippen molar-refractivity contribution in [2.75, 3.05) is 19.7 Å². The molecular weight excluding hydrogens is 514 g/mol. The van der Waals surface area contributed by atoms with Crippen LogP contribution in [0.4, 0.5) is 4.79 Å². The van der Waals surface area contributed by atoms with Crippen molar-refractivity contribution < 1.29 is 22.7 Å².